The van der Waals surface area contributed by atoms with Gasteiger partial charge in [0, 0.05) is 54.2 Å². The van der Waals surface area contributed by atoms with Crippen LogP contribution in [0.15, 0.2) is 146 Å². The number of ether oxygens (including phenoxy) is 8. The van der Waals surface area contributed by atoms with Crippen molar-refractivity contribution < 1.29 is 76.3 Å². The molecule has 0 spiro atoms. The van der Waals surface area contributed by atoms with Crippen LogP contribution in [-0.4, -0.2) is 95.8 Å². The van der Waals surface area contributed by atoms with E-state index < -0.39 is 59.6 Å². The third-order valence-corrected chi connectivity index (χ3v) is 17.2. The summed E-state index contributed by atoms with van der Waals surface area (Å²) in [5, 5.41) is 1.95. The number of imide groups is 2. The summed E-state index contributed by atoms with van der Waals surface area (Å²) >= 11 is 0. The van der Waals surface area contributed by atoms with Gasteiger partial charge in [0.1, 0.15) is 58.1 Å². The molecule has 0 bridgehead atoms. The normalized spacial score (nSPS) is 13.4. The molecule has 0 radical (unpaired) electrons. The molecule has 2 heterocycles. The standard InChI is InChI=1S/C80H78N2O16/c1-43(2)37-59(79(89)93-35-15-13-33-91-77(87)45(5)6)81-73(83)55-39-61(95-51-25-17-47(9)18-26-51)67-69-63(97-53-29-21-49(11)22-30-53)41-57-66-58(76(86)82(75(57)85)60(38-44(3)4)80(90)94-36-16-14-34-92-78(88)46(7)8)42-64(98-54-31-23-50(12)24-32-54)70(72(66)69)68-62(96-52-27-19-48(10)20-28-52)40-56(74(81)84)65(55)71(67)68/h17-32,39-44,59-60H,5,7,13-16,33-38H2,1-4,6,8-12H3. The molecule has 18 nitrogen and oxygen atoms in total. The van der Waals surface area contributed by atoms with E-state index >= 15 is 19.2 Å². The fourth-order valence-electron chi connectivity index (χ4n) is 12.4. The molecule has 0 aliphatic carbocycles. The number of carbonyl (C=O) groups excluding carboxylic acids is 8. The molecule has 9 aromatic rings. The van der Waals surface area contributed by atoms with Crippen LogP contribution in [0.2, 0.25) is 0 Å². The minimum absolute atomic E-state index is 0.0178. The number of esters is 4. The van der Waals surface area contributed by atoms with Crippen molar-refractivity contribution in [2.75, 3.05) is 26.4 Å². The van der Waals surface area contributed by atoms with Gasteiger partial charge in [-0.15, -0.1) is 0 Å². The van der Waals surface area contributed by atoms with Gasteiger partial charge in [-0.3, -0.25) is 29.0 Å². The molecule has 18 heteroatoms. The van der Waals surface area contributed by atoms with Crippen LogP contribution in [0.1, 0.15) is 144 Å². The molecule has 11 rings (SSSR count). The first-order valence-electron chi connectivity index (χ1n) is 33.0. The molecule has 2 atom stereocenters. The summed E-state index contributed by atoms with van der Waals surface area (Å²) in [6.45, 7) is 25.4. The zero-order valence-corrected chi connectivity index (χ0v) is 56.8. The molecule has 0 saturated carbocycles. The smallest absolute Gasteiger partial charge is 0.333 e. The van der Waals surface area contributed by atoms with Crippen LogP contribution in [-0.2, 0) is 38.1 Å². The van der Waals surface area contributed by atoms with E-state index in [9.17, 15) is 19.2 Å². The first-order valence-corrected chi connectivity index (χ1v) is 33.0. The Hall–Kier alpha value is -10.9. The number of benzene rings is 9. The van der Waals surface area contributed by atoms with Crippen molar-refractivity contribution in [3.63, 3.8) is 0 Å². The molecule has 98 heavy (non-hydrogen) atoms. The highest BCUT2D eigenvalue weighted by Crippen LogP contribution is 2.58. The SMILES string of the molecule is C=C(C)C(=O)OCCCCOC(=O)C(CC(C)C)N1C(=O)c2cc(Oc3ccc(C)cc3)c3c4c(Oc5ccc(C)cc5)cc5c6c(cc(Oc7ccc(C)cc7)c(c7c(Oc8ccc(C)cc8)cc(c2c37)C1=O)c64)C(=O)N(C(CC(C)C)C(=O)OCCCCOC(=O)C(=C)C)C5=O. The summed E-state index contributed by atoms with van der Waals surface area (Å²) in [7, 11) is 0. The number of fused-ring (bicyclic) bond motifs is 2. The van der Waals surface area contributed by atoms with E-state index in [2.05, 4.69) is 13.2 Å². The summed E-state index contributed by atoms with van der Waals surface area (Å²) in [4.78, 5) is 120. The Kier molecular flexibility index (Phi) is 20.2. The lowest BCUT2D eigenvalue weighted by atomic mass is 9.80. The van der Waals surface area contributed by atoms with Gasteiger partial charge in [0.05, 0.1) is 48.7 Å². The molecule has 2 aliphatic heterocycles. The van der Waals surface area contributed by atoms with Gasteiger partial charge in [0.25, 0.3) is 23.6 Å². The van der Waals surface area contributed by atoms with E-state index in [-0.39, 0.29) is 151 Å². The highest BCUT2D eigenvalue weighted by atomic mass is 16.6. The Morgan fingerprint density at radius 3 is 0.816 bits per heavy atom. The summed E-state index contributed by atoms with van der Waals surface area (Å²) in [5.41, 5.74) is 4.11. The Morgan fingerprint density at radius 2 is 0.592 bits per heavy atom. The topological polar surface area (TPSA) is 217 Å². The molecule has 0 N–H and O–H groups in total. The van der Waals surface area contributed by atoms with Crippen molar-refractivity contribution in [2.45, 2.75) is 120 Å². The van der Waals surface area contributed by atoms with Crippen LogP contribution in [0.4, 0.5) is 0 Å². The predicted octanol–water partition coefficient (Wildman–Crippen LogP) is 17.0. The maximum atomic E-state index is 16.1. The molecule has 0 aromatic heterocycles. The van der Waals surface area contributed by atoms with E-state index in [4.69, 9.17) is 37.9 Å². The number of carbonyl (C=O) groups is 8. The van der Waals surface area contributed by atoms with Gasteiger partial charge < -0.3 is 37.9 Å². The average molecular weight is 1320 g/mol. The molecule has 2 unspecified atom stereocenters. The molecule has 4 amide bonds. The molecule has 504 valence electrons. The molecule has 2 aliphatic rings. The Morgan fingerprint density at radius 1 is 0.357 bits per heavy atom. The summed E-state index contributed by atoms with van der Waals surface area (Å²) in [5.74, 6) is -4.89. The molecular weight excluding hydrogens is 1240 g/mol. The van der Waals surface area contributed by atoms with Crippen LogP contribution in [0.25, 0.3) is 43.1 Å². The second-order valence-corrected chi connectivity index (χ2v) is 26.2. The zero-order valence-electron chi connectivity index (χ0n) is 56.8. The lowest BCUT2D eigenvalue weighted by Gasteiger charge is -2.36. The Labute approximate surface area is 568 Å². The largest absolute Gasteiger partial charge is 0.464 e. The van der Waals surface area contributed by atoms with Crippen LogP contribution >= 0.6 is 0 Å². The molecule has 0 saturated heterocycles. The van der Waals surface area contributed by atoms with Crippen LogP contribution in [0.5, 0.6) is 46.0 Å². The molecular formula is C80H78N2O16. The van der Waals surface area contributed by atoms with Crippen molar-refractivity contribution in [3.05, 3.63) is 190 Å². The van der Waals surface area contributed by atoms with Crippen LogP contribution in [0, 0.1) is 39.5 Å². The first kappa shape index (κ1) is 68.5. The second kappa shape index (κ2) is 28.8. The number of rotatable bonds is 28. The summed E-state index contributed by atoms with van der Waals surface area (Å²) in [6, 6.07) is 32.4. The minimum Gasteiger partial charge on any atom is -0.464 e. The van der Waals surface area contributed by atoms with Gasteiger partial charge in [0.2, 0.25) is 0 Å². The van der Waals surface area contributed by atoms with Gasteiger partial charge in [0.15, 0.2) is 0 Å². The number of hydrogen-bond donors (Lipinski definition) is 0. The number of hydrogen-bond acceptors (Lipinski definition) is 16. The number of nitrogens with zero attached hydrogens (tertiary/aromatic N) is 2. The van der Waals surface area contributed by atoms with E-state index in [1.54, 1.807) is 86.6 Å². The summed E-state index contributed by atoms with van der Waals surface area (Å²) < 4.78 is 50.8. The van der Waals surface area contributed by atoms with E-state index in [1.807, 2.05) is 104 Å². The number of unbranched alkanes of at least 4 members (excludes halogenated alkanes) is 2. The third-order valence-electron chi connectivity index (χ3n) is 17.2. The fourth-order valence-corrected chi connectivity index (χ4v) is 12.4. The first-order chi connectivity index (χ1) is 46.9. The zero-order chi connectivity index (χ0) is 70.0. The lowest BCUT2D eigenvalue weighted by molar-refractivity contribution is -0.150. The quantitative estimate of drug-likeness (QED) is 0.00847. The maximum Gasteiger partial charge on any atom is 0.333 e. The number of amides is 4. The van der Waals surface area contributed by atoms with Gasteiger partial charge in [-0.1, -0.05) is 112 Å². The van der Waals surface area contributed by atoms with Gasteiger partial charge in [-0.05, 0) is 165 Å². The Bertz CT molecular complexity index is 4160. The van der Waals surface area contributed by atoms with Crippen molar-refractivity contribution in [2.24, 2.45) is 11.8 Å². The number of aryl methyl sites for hydroxylation is 4. The highest BCUT2D eigenvalue weighted by molar-refractivity contribution is 6.45. The van der Waals surface area contributed by atoms with Crippen LogP contribution in [0.3, 0.4) is 0 Å². The Balaban J connectivity index is 1.21. The predicted molar refractivity (Wildman–Crippen MR) is 372 cm³/mol. The van der Waals surface area contributed by atoms with Gasteiger partial charge >= 0.3 is 23.9 Å². The van der Waals surface area contributed by atoms with Crippen molar-refractivity contribution in [1.82, 2.24) is 9.80 Å². The fraction of sp³-hybridized carbons (Fsp3) is 0.300. The van der Waals surface area contributed by atoms with Gasteiger partial charge in [-0.2, -0.15) is 0 Å². The summed E-state index contributed by atoms with van der Waals surface area (Å²) in [6.07, 6.45) is 1.35. The average Bonchev–Trinajstić information content (AvgIpc) is 0.672. The van der Waals surface area contributed by atoms with Crippen molar-refractivity contribution in [1.29, 1.82) is 0 Å². The minimum atomic E-state index is -1.43. The molecule has 9 aromatic carbocycles. The second-order valence-electron chi connectivity index (χ2n) is 26.2. The van der Waals surface area contributed by atoms with E-state index in [0.717, 1.165) is 32.1 Å². The monoisotopic (exact) mass is 1320 g/mol. The maximum absolute atomic E-state index is 16.1. The molecule has 0 fully saturated rings. The lowest BCUT2D eigenvalue weighted by Crippen LogP contribution is -2.51. The van der Waals surface area contributed by atoms with E-state index in [1.165, 1.54) is 0 Å². The van der Waals surface area contributed by atoms with E-state index in [0.29, 0.717) is 48.7 Å². The van der Waals surface area contributed by atoms with Crippen molar-refractivity contribution in [3.8, 4) is 46.0 Å². The highest BCUT2D eigenvalue weighted by Gasteiger charge is 2.47. The van der Waals surface area contributed by atoms with Gasteiger partial charge in [-0.25, -0.2) is 19.2 Å². The van der Waals surface area contributed by atoms with Crippen LogP contribution < -0.4 is 18.9 Å². The van der Waals surface area contributed by atoms with Crippen molar-refractivity contribution >= 4 is 90.6 Å². The third kappa shape index (κ3) is 14.0.